The number of carbonyl (C=O) groups is 1. The van der Waals surface area contributed by atoms with Gasteiger partial charge < -0.3 is 5.11 Å². The molecule has 2 aromatic rings. The number of carboxylic acids is 1. The molecule has 0 aliphatic heterocycles. The Hall–Kier alpha value is -1.65. The van der Waals surface area contributed by atoms with Crippen molar-refractivity contribution in [3.63, 3.8) is 0 Å². The summed E-state index contributed by atoms with van der Waals surface area (Å²) in [5.74, 6) is -0.770. The zero-order valence-electron chi connectivity index (χ0n) is 11.7. The second kappa shape index (κ2) is 6.41. The molecule has 5 heteroatoms. The van der Waals surface area contributed by atoms with E-state index in [2.05, 4.69) is 6.07 Å². The van der Waals surface area contributed by atoms with Gasteiger partial charge in [-0.25, -0.2) is 4.79 Å². The van der Waals surface area contributed by atoms with Gasteiger partial charge >= 0.3 is 5.97 Å². The minimum Gasteiger partial charge on any atom is -0.478 e. The van der Waals surface area contributed by atoms with Gasteiger partial charge in [0.25, 0.3) is 0 Å². The van der Waals surface area contributed by atoms with E-state index in [4.69, 9.17) is 16.7 Å². The van der Waals surface area contributed by atoms with E-state index in [1.807, 2.05) is 26.0 Å². The largest absolute Gasteiger partial charge is 0.478 e. The first-order valence-corrected chi connectivity index (χ1v) is 8.05. The lowest BCUT2D eigenvalue weighted by Crippen LogP contribution is -2.02. The summed E-state index contributed by atoms with van der Waals surface area (Å²) in [6.07, 6.45) is 0. The van der Waals surface area contributed by atoms with Crippen molar-refractivity contribution < 1.29 is 14.1 Å². The molecule has 1 unspecified atom stereocenters. The van der Waals surface area contributed by atoms with Gasteiger partial charge in [-0.3, -0.25) is 4.21 Å². The first-order valence-electron chi connectivity index (χ1n) is 6.35. The summed E-state index contributed by atoms with van der Waals surface area (Å²) in [5, 5.41) is 9.20. The lowest BCUT2D eigenvalue weighted by molar-refractivity contribution is 0.0697. The van der Waals surface area contributed by atoms with Gasteiger partial charge in [-0.1, -0.05) is 40.9 Å². The first-order chi connectivity index (χ1) is 9.86. The van der Waals surface area contributed by atoms with E-state index in [1.165, 1.54) is 12.1 Å². The van der Waals surface area contributed by atoms with Crippen LogP contribution < -0.4 is 0 Å². The molecule has 0 saturated carbocycles. The molecule has 1 N–H and O–H groups in total. The Bertz CT molecular complexity index is 705. The number of hydrogen-bond donors (Lipinski definition) is 1. The highest BCUT2D eigenvalue weighted by atomic mass is 35.5. The molecule has 0 spiro atoms. The van der Waals surface area contributed by atoms with Gasteiger partial charge in [-0.05, 0) is 37.6 Å². The maximum absolute atomic E-state index is 12.4. The maximum Gasteiger partial charge on any atom is 0.337 e. The van der Waals surface area contributed by atoms with Crippen molar-refractivity contribution in [1.29, 1.82) is 0 Å². The second-order valence-corrected chi connectivity index (χ2v) is 6.79. The predicted octanol–water partition coefficient (Wildman–Crippen LogP) is 3.96. The number of aromatic carboxylic acids is 1. The molecule has 110 valence electrons. The van der Waals surface area contributed by atoms with Crippen molar-refractivity contribution in [3.8, 4) is 0 Å². The Morgan fingerprint density at radius 3 is 2.33 bits per heavy atom. The molecule has 0 aromatic heterocycles. The normalized spacial score (nSPS) is 12.1. The average molecular weight is 323 g/mol. The lowest BCUT2D eigenvalue weighted by atomic mass is 10.1. The summed E-state index contributed by atoms with van der Waals surface area (Å²) >= 11 is 5.82. The van der Waals surface area contributed by atoms with E-state index in [-0.39, 0.29) is 10.6 Å². The molecule has 1 atom stereocenters. The third-order valence-corrected chi connectivity index (χ3v) is 4.72. The van der Waals surface area contributed by atoms with Crippen LogP contribution in [-0.2, 0) is 16.6 Å². The van der Waals surface area contributed by atoms with Crippen molar-refractivity contribution in [2.45, 2.75) is 24.5 Å². The fraction of sp³-hybridized carbons (Fsp3) is 0.188. The van der Waals surface area contributed by atoms with E-state index in [9.17, 15) is 9.00 Å². The Kier molecular flexibility index (Phi) is 4.80. The molecule has 3 nitrogen and oxygen atoms in total. The van der Waals surface area contributed by atoms with E-state index >= 15 is 0 Å². The number of benzene rings is 2. The summed E-state index contributed by atoms with van der Waals surface area (Å²) in [4.78, 5) is 11.5. The standard InChI is InChI=1S/C16H15ClO3S/c1-10-5-11(2)7-12(6-10)9-21(20)13-3-4-15(17)14(8-13)16(18)19/h3-8H,9H2,1-2H3,(H,18,19). The van der Waals surface area contributed by atoms with Gasteiger partial charge in [-0.15, -0.1) is 0 Å². The van der Waals surface area contributed by atoms with Gasteiger partial charge in [0, 0.05) is 4.90 Å². The molecule has 0 saturated heterocycles. The van der Waals surface area contributed by atoms with Crippen LogP contribution in [0.15, 0.2) is 41.3 Å². The predicted molar refractivity (Wildman–Crippen MR) is 84.4 cm³/mol. The molecule has 0 fully saturated rings. The molecular formula is C16H15ClO3S. The van der Waals surface area contributed by atoms with Crippen LogP contribution in [0.25, 0.3) is 0 Å². The number of hydrogen-bond acceptors (Lipinski definition) is 2. The molecule has 21 heavy (non-hydrogen) atoms. The summed E-state index contributed by atoms with van der Waals surface area (Å²) in [6, 6.07) is 10.5. The zero-order valence-corrected chi connectivity index (χ0v) is 13.3. The molecule has 0 bridgehead atoms. The van der Waals surface area contributed by atoms with Gasteiger partial charge in [0.1, 0.15) is 0 Å². The number of halogens is 1. The fourth-order valence-electron chi connectivity index (χ4n) is 2.20. The Balaban J connectivity index is 2.28. The van der Waals surface area contributed by atoms with Crippen LogP contribution >= 0.6 is 11.6 Å². The van der Waals surface area contributed by atoms with Crippen molar-refractivity contribution >= 4 is 28.4 Å². The summed E-state index contributed by atoms with van der Waals surface area (Å²) in [6.45, 7) is 3.98. The highest BCUT2D eigenvalue weighted by Gasteiger charge is 2.13. The van der Waals surface area contributed by atoms with Crippen molar-refractivity contribution in [3.05, 3.63) is 63.7 Å². The molecule has 0 aliphatic rings. The second-order valence-electron chi connectivity index (χ2n) is 4.93. The SMILES string of the molecule is Cc1cc(C)cc(CS(=O)c2ccc(Cl)c(C(=O)O)c2)c1. The van der Waals surface area contributed by atoms with Crippen LogP contribution in [0.4, 0.5) is 0 Å². The van der Waals surface area contributed by atoms with Gasteiger partial charge in [0.15, 0.2) is 0 Å². The van der Waals surface area contributed by atoms with E-state index in [0.717, 1.165) is 16.7 Å². The number of carboxylic acid groups (broad SMARTS) is 1. The highest BCUT2D eigenvalue weighted by molar-refractivity contribution is 7.84. The Morgan fingerprint density at radius 1 is 1.14 bits per heavy atom. The Morgan fingerprint density at radius 2 is 1.76 bits per heavy atom. The monoisotopic (exact) mass is 322 g/mol. The van der Waals surface area contributed by atoms with Crippen molar-refractivity contribution in [1.82, 2.24) is 0 Å². The van der Waals surface area contributed by atoms with Gasteiger partial charge in [0.2, 0.25) is 0 Å². The zero-order chi connectivity index (χ0) is 15.6. The molecule has 0 aliphatic carbocycles. The topological polar surface area (TPSA) is 54.4 Å². The van der Waals surface area contributed by atoms with Crippen LogP contribution in [0, 0.1) is 13.8 Å². The molecule has 2 aromatic carbocycles. The average Bonchev–Trinajstić information content (AvgIpc) is 2.37. The molecular weight excluding hydrogens is 308 g/mol. The minimum atomic E-state index is -1.31. The van der Waals surface area contributed by atoms with Crippen LogP contribution in [0.3, 0.4) is 0 Å². The van der Waals surface area contributed by atoms with Crippen molar-refractivity contribution in [2.24, 2.45) is 0 Å². The molecule has 0 radical (unpaired) electrons. The molecule has 0 heterocycles. The number of aryl methyl sites for hydroxylation is 2. The van der Waals surface area contributed by atoms with Crippen LogP contribution in [0.5, 0.6) is 0 Å². The van der Waals surface area contributed by atoms with Crippen LogP contribution in [0.1, 0.15) is 27.0 Å². The molecule has 0 amide bonds. The highest BCUT2D eigenvalue weighted by Crippen LogP contribution is 2.21. The van der Waals surface area contributed by atoms with E-state index < -0.39 is 16.8 Å². The molecule has 2 rings (SSSR count). The Labute approximate surface area is 131 Å². The van der Waals surface area contributed by atoms with Crippen LogP contribution in [-0.4, -0.2) is 15.3 Å². The summed E-state index contributed by atoms with van der Waals surface area (Å²) in [5.41, 5.74) is 3.18. The summed E-state index contributed by atoms with van der Waals surface area (Å²) < 4.78 is 12.4. The quantitative estimate of drug-likeness (QED) is 0.926. The smallest absolute Gasteiger partial charge is 0.337 e. The fourth-order valence-corrected chi connectivity index (χ4v) is 3.50. The van der Waals surface area contributed by atoms with Crippen LogP contribution in [0.2, 0.25) is 5.02 Å². The van der Waals surface area contributed by atoms with E-state index in [0.29, 0.717) is 10.6 Å². The minimum absolute atomic E-state index is 0.0251. The van der Waals surface area contributed by atoms with Gasteiger partial charge in [0.05, 0.1) is 27.1 Å². The van der Waals surface area contributed by atoms with E-state index in [1.54, 1.807) is 6.07 Å². The summed E-state index contributed by atoms with van der Waals surface area (Å²) in [7, 11) is -1.31. The lowest BCUT2D eigenvalue weighted by Gasteiger charge is -2.07. The van der Waals surface area contributed by atoms with Gasteiger partial charge in [-0.2, -0.15) is 0 Å². The first kappa shape index (κ1) is 15.7. The third kappa shape index (κ3) is 3.93. The van der Waals surface area contributed by atoms with Crippen molar-refractivity contribution in [2.75, 3.05) is 0 Å². The number of rotatable bonds is 4. The maximum atomic E-state index is 12.4. The third-order valence-electron chi connectivity index (χ3n) is 3.01.